The average molecular weight is 307 g/mol. The molecule has 0 spiro atoms. The zero-order chi connectivity index (χ0) is 15.4. The summed E-state index contributed by atoms with van der Waals surface area (Å²) in [5, 5.41) is 9.11. The number of carboxylic acid groups (broad SMARTS) is 1. The first-order valence-corrected chi connectivity index (χ1v) is 6.48. The number of hydrogen-bond acceptors (Lipinski definition) is 2. The first-order chi connectivity index (χ1) is 9.95. The Morgan fingerprint density at radius 1 is 1.29 bits per heavy atom. The summed E-state index contributed by atoms with van der Waals surface area (Å²) < 4.78 is 19.1. The molecule has 0 atom stereocenters. The van der Waals surface area contributed by atoms with Gasteiger partial charge in [0.05, 0.1) is 0 Å². The maximum absolute atomic E-state index is 13.5. The molecule has 5 heteroatoms. The second-order valence-electron chi connectivity index (χ2n) is 4.37. The average Bonchev–Trinajstić information content (AvgIpc) is 2.42. The van der Waals surface area contributed by atoms with Gasteiger partial charge in [-0.15, -0.1) is 0 Å². The zero-order valence-corrected chi connectivity index (χ0v) is 11.9. The highest BCUT2D eigenvalue weighted by Gasteiger charge is 2.06. The Kier molecular flexibility index (Phi) is 4.60. The predicted molar refractivity (Wildman–Crippen MR) is 79.3 cm³/mol. The summed E-state index contributed by atoms with van der Waals surface area (Å²) in [6, 6.07) is 9.28. The molecule has 0 aromatic heterocycles. The van der Waals surface area contributed by atoms with Crippen molar-refractivity contribution in [1.29, 1.82) is 0 Å². The molecule has 0 saturated carbocycles. The smallest absolute Gasteiger partial charge is 0.328 e. The third kappa shape index (κ3) is 4.07. The van der Waals surface area contributed by atoms with Gasteiger partial charge in [0.15, 0.2) is 0 Å². The van der Waals surface area contributed by atoms with Crippen molar-refractivity contribution in [2.45, 2.75) is 6.92 Å². The summed E-state index contributed by atoms with van der Waals surface area (Å²) >= 11 is 5.91. The SMILES string of the molecule is Cc1ccc(Oc2cc(Cl)ccc2/C=C/C(=O)O)cc1F. The highest BCUT2D eigenvalue weighted by molar-refractivity contribution is 6.30. The van der Waals surface area contributed by atoms with Crippen LogP contribution in [0.2, 0.25) is 5.02 Å². The summed E-state index contributed by atoms with van der Waals surface area (Å²) in [6.07, 6.45) is 2.38. The molecule has 2 aromatic carbocycles. The summed E-state index contributed by atoms with van der Waals surface area (Å²) in [6.45, 7) is 1.65. The predicted octanol–water partition coefficient (Wildman–Crippen LogP) is 4.68. The van der Waals surface area contributed by atoms with E-state index in [0.717, 1.165) is 6.08 Å². The highest BCUT2D eigenvalue weighted by atomic mass is 35.5. The fourth-order valence-corrected chi connectivity index (χ4v) is 1.82. The van der Waals surface area contributed by atoms with Gasteiger partial charge in [0.25, 0.3) is 0 Å². The third-order valence-electron chi connectivity index (χ3n) is 2.75. The van der Waals surface area contributed by atoms with Crippen molar-refractivity contribution in [3.05, 3.63) is 64.4 Å². The monoisotopic (exact) mass is 306 g/mol. The van der Waals surface area contributed by atoms with Crippen molar-refractivity contribution in [2.75, 3.05) is 0 Å². The molecule has 0 aliphatic carbocycles. The van der Waals surface area contributed by atoms with Crippen LogP contribution >= 0.6 is 11.6 Å². The van der Waals surface area contributed by atoms with Crippen molar-refractivity contribution in [1.82, 2.24) is 0 Å². The number of benzene rings is 2. The lowest BCUT2D eigenvalue weighted by molar-refractivity contribution is -0.131. The standard InChI is InChI=1S/C16H12ClFO3/c1-10-2-6-13(9-14(10)18)21-15-8-12(17)5-3-11(15)4-7-16(19)20/h2-9H,1H3,(H,19,20)/b7-4+. The number of carbonyl (C=O) groups is 1. The molecule has 0 radical (unpaired) electrons. The van der Waals surface area contributed by atoms with Gasteiger partial charge in [-0.05, 0) is 36.8 Å². The van der Waals surface area contributed by atoms with Crippen LogP contribution in [0, 0.1) is 12.7 Å². The van der Waals surface area contributed by atoms with Crippen LogP contribution in [0.4, 0.5) is 4.39 Å². The van der Waals surface area contributed by atoms with Crippen LogP contribution in [0.25, 0.3) is 6.08 Å². The van der Waals surface area contributed by atoms with E-state index in [2.05, 4.69) is 0 Å². The van der Waals surface area contributed by atoms with Crippen molar-refractivity contribution >= 4 is 23.6 Å². The second kappa shape index (κ2) is 6.41. The van der Waals surface area contributed by atoms with Crippen LogP contribution in [0.1, 0.15) is 11.1 Å². The van der Waals surface area contributed by atoms with E-state index >= 15 is 0 Å². The molecule has 0 bridgehead atoms. The second-order valence-corrected chi connectivity index (χ2v) is 4.80. The van der Waals surface area contributed by atoms with Crippen molar-refractivity contribution < 1.29 is 19.0 Å². The molecular formula is C16H12ClFO3. The van der Waals surface area contributed by atoms with Crippen molar-refractivity contribution in [3.63, 3.8) is 0 Å². The van der Waals surface area contributed by atoms with E-state index < -0.39 is 5.97 Å². The van der Waals surface area contributed by atoms with Crippen LogP contribution in [-0.4, -0.2) is 11.1 Å². The van der Waals surface area contributed by atoms with Gasteiger partial charge in [0.1, 0.15) is 17.3 Å². The van der Waals surface area contributed by atoms with Crippen molar-refractivity contribution in [2.24, 2.45) is 0 Å². The van der Waals surface area contributed by atoms with E-state index in [4.69, 9.17) is 21.4 Å². The summed E-state index contributed by atoms with van der Waals surface area (Å²) in [5.74, 6) is -0.789. The first kappa shape index (κ1) is 15.1. The molecule has 1 N–H and O–H groups in total. The van der Waals surface area contributed by atoms with Crippen molar-refractivity contribution in [3.8, 4) is 11.5 Å². The first-order valence-electron chi connectivity index (χ1n) is 6.10. The number of aliphatic carboxylic acids is 1. The van der Waals surface area contributed by atoms with Gasteiger partial charge >= 0.3 is 5.97 Å². The van der Waals surface area contributed by atoms with E-state index in [1.165, 1.54) is 12.1 Å². The molecule has 0 heterocycles. The third-order valence-corrected chi connectivity index (χ3v) is 2.99. The van der Waals surface area contributed by atoms with Crippen LogP contribution in [0.5, 0.6) is 11.5 Å². The highest BCUT2D eigenvalue weighted by Crippen LogP contribution is 2.30. The molecule has 21 heavy (non-hydrogen) atoms. The summed E-state index contributed by atoms with van der Waals surface area (Å²) in [7, 11) is 0. The van der Waals surface area contributed by atoms with E-state index in [0.29, 0.717) is 27.6 Å². The molecule has 0 aliphatic rings. The normalized spacial score (nSPS) is 10.8. The van der Waals surface area contributed by atoms with Gasteiger partial charge in [-0.1, -0.05) is 17.7 Å². The maximum atomic E-state index is 13.5. The maximum Gasteiger partial charge on any atom is 0.328 e. The van der Waals surface area contributed by atoms with Crippen LogP contribution in [0.15, 0.2) is 42.5 Å². The van der Waals surface area contributed by atoms with Gasteiger partial charge in [-0.25, -0.2) is 9.18 Å². The van der Waals surface area contributed by atoms with E-state index in [1.54, 1.807) is 37.3 Å². The lowest BCUT2D eigenvalue weighted by Gasteiger charge is -2.10. The van der Waals surface area contributed by atoms with E-state index in [9.17, 15) is 9.18 Å². The van der Waals surface area contributed by atoms with Gasteiger partial charge < -0.3 is 9.84 Å². The van der Waals surface area contributed by atoms with Gasteiger partial charge in [-0.2, -0.15) is 0 Å². The summed E-state index contributed by atoms with van der Waals surface area (Å²) in [5.41, 5.74) is 1.04. The lowest BCUT2D eigenvalue weighted by atomic mass is 10.2. The molecule has 108 valence electrons. The Hall–Kier alpha value is -2.33. The molecule has 3 nitrogen and oxygen atoms in total. The fourth-order valence-electron chi connectivity index (χ4n) is 1.66. The number of aryl methyl sites for hydroxylation is 1. The number of ether oxygens (including phenoxy) is 1. The minimum Gasteiger partial charge on any atom is -0.478 e. The Balaban J connectivity index is 2.35. The number of hydrogen-bond donors (Lipinski definition) is 1. The number of carboxylic acids is 1. The lowest BCUT2D eigenvalue weighted by Crippen LogP contribution is -1.91. The number of rotatable bonds is 4. The molecular weight excluding hydrogens is 295 g/mol. The number of halogens is 2. The molecule has 0 unspecified atom stereocenters. The van der Waals surface area contributed by atoms with Gasteiger partial charge in [0, 0.05) is 28.8 Å². The van der Waals surface area contributed by atoms with Gasteiger partial charge in [-0.3, -0.25) is 0 Å². The Morgan fingerprint density at radius 2 is 2.05 bits per heavy atom. The molecule has 0 saturated heterocycles. The molecule has 0 fully saturated rings. The fraction of sp³-hybridized carbons (Fsp3) is 0.0625. The quantitative estimate of drug-likeness (QED) is 0.834. The molecule has 0 aliphatic heterocycles. The van der Waals surface area contributed by atoms with E-state index in [1.807, 2.05) is 0 Å². The Bertz CT molecular complexity index is 711. The summed E-state index contributed by atoms with van der Waals surface area (Å²) in [4.78, 5) is 10.6. The largest absolute Gasteiger partial charge is 0.478 e. The van der Waals surface area contributed by atoms with Gasteiger partial charge in [0.2, 0.25) is 0 Å². The van der Waals surface area contributed by atoms with Crippen LogP contribution in [-0.2, 0) is 4.79 Å². The topological polar surface area (TPSA) is 46.5 Å². The van der Waals surface area contributed by atoms with Crippen LogP contribution < -0.4 is 4.74 Å². The van der Waals surface area contributed by atoms with E-state index in [-0.39, 0.29) is 5.82 Å². The molecule has 0 amide bonds. The zero-order valence-electron chi connectivity index (χ0n) is 11.1. The Morgan fingerprint density at radius 3 is 2.71 bits per heavy atom. The minimum atomic E-state index is -1.07. The molecule has 2 aromatic rings. The minimum absolute atomic E-state index is 0.311. The molecule has 2 rings (SSSR count). The Labute approximate surface area is 126 Å². The van der Waals surface area contributed by atoms with Crippen LogP contribution in [0.3, 0.4) is 0 Å².